The maximum absolute atomic E-state index is 17.0. The van der Waals surface area contributed by atoms with Crippen LogP contribution in [0.1, 0.15) is 79.0 Å². The third-order valence-electron chi connectivity index (χ3n) is 11.5. The standard InChI is InChI=1S/C48H45N2O3P/c1-46(2,3)28-18-20-29(21-19-28)49-37-24-22-33(47(4,5)6)41-43(37)54(51)44-38(49)25-23-34(48(7,8)9)42(44)53-40-27-30(26-39(52-41)45(40)54)50-35-16-12-10-14-31(35)32-15-11-13-17-36(32)50/h10-27H,1-9H3. The molecule has 54 heavy (non-hydrogen) atoms. The second-order valence-corrected chi connectivity index (χ2v) is 20.8. The van der Waals surface area contributed by atoms with Crippen LogP contribution in [0.4, 0.5) is 17.1 Å². The van der Waals surface area contributed by atoms with Gasteiger partial charge in [0.15, 0.2) is 7.14 Å². The molecule has 0 saturated carbocycles. The Morgan fingerprint density at radius 1 is 0.500 bits per heavy atom. The fourth-order valence-corrected chi connectivity index (χ4v) is 12.3. The molecule has 6 aromatic carbocycles. The van der Waals surface area contributed by atoms with Crippen LogP contribution in [0.2, 0.25) is 0 Å². The first-order valence-corrected chi connectivity index (χ1v) is 20.7. The molecule has 0 atom stereocenters. The van der Waals surface area contributed by atoms with Gasteiger partial charge in [-0.25, -0.2) is 0 Å². The minimum absolute atomic E-state index is 0.0110. The first kappa shape index (κ1) is 33.3. The first-order chi connectivity index (χ1) is 25.6. The molecule has 0 aliphatic carbocycles. The van der Waals surface area contributed by atoms with E-state index in [1.54, 1.807) is 0 Å². The molecule has 5 nitrogen and oxygen atoms in total. The van der Waals surface area contributed by atoms with Gasteiger partial charge in [0.2, 0.25) is 0 Å². The number of fused-ring (bicyclic) bond motifs is 3. The minimum atomic E-state index is -3.57. The van der Waals surface area contributed by atoms with Gasteiger partial charge in [0.05, 0.1) is 38.7 Å². The highest BCUT2D eigenvalue weighted by Gasteiger charge is 2.55. The molecule has 7 aromatic rings. The number of ether oxygens (including phenoxy) is 2. The zero-order valence-electron chi connectivity index (χ0n) is 32.5. The second-order valence-electron chi connectivity index (χ2n) is 18.2. The normalized spacial score (nSPS) is 15.2. The Morgan fingerprint density at radius 3 is 1.41 bits per heavy atom. The molecule has 270 valence electrons. The van der Waals surface area contributed by atoms with Gasteiger partial charge >= 0.3 is 0 Å². The van der Waals surface area contributed by atoms with E-state index in [1.165, 1.54) is 16.3 Å². The number of hydrogen-bond donors (Lipinski definition) is 0. The van der Waals surface area contributed by atoms with E-state index in [4.69, 9.17) is 9.47 Å². The van der Waals surface area contributed by atoms with Crippen molar-refractivity contribution in [2.24, 2.45) is 0 Å². The number of nitrogens with zero attached hydrogens (tertiary/aromatic N) is 2. The van der Waals surface area contributed by atoms with Gasteiger partial charge in [-0.2, -0.15) is 0 Å². The summed E-state index contributed by atoms with van der Waals surface area (Å²) in [4.78, 5) is 2.27. The molecule has 1 aromatic heterocycles. The van der Waals surface area contributed by atoms with Crippen LogP contribution in [0.15, 0.2) is 109 Å². The maximum Gasteiger partial charge on any atom is 0.189 e. The van der Waals surface area contributed by atoms with Crippen molar-refractivity contribution in [3.05, 3.63) is 126 Å². The molecule has 0 N–H and O–H groups in total. The second kappa shape index (κ2) is 10.7. The van der Waals surface area contributed by atoms with E-state index >= 15 is 4.57 Å². The van der Waals surface area contributed by atoms with Crippen LogP contribution in [0.5, 0.6) is 23.0 Å². The molecule has 0 amide bonds. The van der Waals surface area contributed by atoms with Crippen LogP contribution < -0.4 is 30.3 Å². The highest BCUT2D eigenvalue weighted by Crippen LogP contribution is 2.67. The Labute approximate surface area is 317 Å². The van der Waals surface area contributed by atoms with Crippen LogP contribution in [0.3, 0.4) is 0 Å². The van der Waals surface area contributed by atoms with Gasteiger partial charge in [-0.15, -0.1) is 0 Å². The summed E-state index contributed by atoms with van der Waals surface area (Å²) in [5.41, 5.74) is 8.61. The third kappa shape index (κ3) is 4.42. The Balaban J connectivity index is 1.32. The van der Waals surface area contributed by atoms with Crippen molar-refractivity contribution in [2.45, 2.75) is 78.6 Å². The lowest BCUT2D eigenvalue weighted by molar-refractivity contribution is 0.438. The van der Waals surface area contributed by atoms with Crippen LogP contribution in [-0.2, 0) is 20.8 Å². The molecule has 0 spiro atoms. The molecular weight excluding hydrogens is 684 g/mol. The molecule has 0 saturated heterocycles. The quantitative estimate of drug-likeness (QED) is 0.166. The van der Waals surface area contributed by atoms with Crippen molar-refractivity contribution in [3.63, 3.8) is 0 Å². The first-order valence-electron chi connectivity index (χ1n) is 19.0. The molecule has 0 bridgehead atoms. The zero-order valence-corrected chi connectivity index (χ0v) is 33.4. The number of anilines is 3. The van der Waals surface area contributed by atoms with Crippen molar-refractivity contribution >= 4 is 61.9 Å². The van der Waals surface area contributed by atoms with E-state index in [0.29, 0.717) is 28.3 Å². The van der Waals surface area contributed by atoms with E-state index in [1.807, 2.05) is 0 Å². The topological polar surface area (TPSA) is 43.7 Å². The summed E-state index contributed by atoms with van der Waals surface area (Å²) in [7, 11) is -3.57. The van der Waals surface area contributed by atoms with Crippen LogP contribution in [0.25, 0.3) is 27.5 Å². The SMILES string of the molecule is CC(C)(C)c1ccc(N2c3ccc(C(C)(C)C)c4c3P3(=O)c5c(cc(-n6c7ccccc7c7ccccc76)cc5Oc5c(C(C)(C)C)ccc2c53)O4)cc1. The molecular formula is C48H45N2O3P. The van der Waals surface area contributed by atoms with Crippen LogP contribution in [0, 0.1) is 0 Å². The van der Waals surface area contributed by atoms with Gasteiger partial charge < -0.3 is 23.5 Å². The number of aromatic nitrogens is 1. The van der Waals surface area contributed by atoms with Gasteiger partial charge in [-0.1, -0.05) is 123 Å². The Kier molecular flexibility index (Phi) is 6.61. The van der Waals surface area contributed by atoms with Crippen molar-refractivity contribution in [3.8, 4) is 28.7 Å². The summed E-state index contributed by atoms with van der Waals surface area (Å²) >= 11 is 0. The molecule has 0 unspecified atom stereocenters. The van der Waals surface area contributed by atoms with E-state index < -0.39 is 7.14 Å². The molecule has 3 aliphatic heterocycles. The van der Waals surface area contributed by atoms with Crippen molar-refractivity contribution in [1.29, 1.82) is 0 Å². The lowest BCUT2D eigenvalue weighted by Crippen LogP contribution is -2.44. The van der Waals surface area contributed by atoms with E-state index in [0.717, 1.165) is 55.5 Å². The van der Waals surface area contributed by atoms with Crippen molar-refractivity contribution in [2.75, 3.05) is 4.90 Å². The van der Waals surface area contributed by atoms with Crippen LogP contribution >= 0.6 is 7.14 Å². The van der Waals surface area contributed by atoms with Crippen LogP contribution in [-0.4, -0.2) is 4.57 Å². The van der Waals surface area contributed by atoms with E-state index in [9.17, 15) is 0 Å². The molecule has 6 heteroatoms. The minimum Gasteiger partial charge on any atom is -0.455 e. The average molecular weight is 729 g/mol. The molecule has 0 radical (unpaired) electrons. The smallest absolute Gasteiger partial charge is 0.189 e. The molecule has 0 fully saturated rings. The van der Waals surface area contributed by atoms with Crippen molar-refractivity contribution in [1.82, 2.24) is 4.57 Å². The Morgan fingerprint density at radius 2 is 0.963 bits per heavy atom. The monoisotopic (exact) mass is 728 g/mol. The maximum atomic E-state index is 17.0. The predicted octanol–water partition coefficient (Wildman–Crippen LogP) is 12.3. The fraction of sp³-hybridized carbons (Fsp3) is 0.250. The molecule has 10 rings (SSSR count). The van der Waals surface area contributed by atoms with Gasteiger partial charge in [0.25, 0.3) is 0 Å². The van der Waals surface area contributed by atoms with Gasteiger partial charge in [0, 0.05) is 39.7 Å². The summed E-state index contributed by atoms with van der Waals surface area (Å²) in [5.74, 6) is 2.56. The number of para-hydroxylation sites is 2. The molecule has 4 heterocycles. The van der Waals surface area contributed by atoms with E-state index in [-0.39, 0.29) is 16.2 Å². The Bertz CT molecular complexity index is 2650. The van der Waals surface area contributed by atoms with Gasteiger partial charge in [0.1, 0.15) is 28.3 Å². The Hall–Kier alpha value is -5.25. The highest BCUT2D eigenvalue weighted by atomic mass is 31.2. The summed E-state index contributed by atoms with van der Waals surface area (Å²) < 4.78 is 33.6. The highest BCUT2D eigenvalue weighted by molar-refractivity contribution is 7.87. The van der Waals surface area contributed by atoms with Gasteiger partial charge in [-0.05, 0) is 58.2 Å². The fourth-order valence-electron chi connectivity index (χ4n) is 8.92. The van der Waals surface area contributed by atoms with E-state index in [2.05, 4.69) is 181 Å². The lowest BCUT2D eigenvalue weighted by Gasteiger charge is -2.45. The van der Waals surface area contributed by atoms with Gasteiger partial charge in [-0.3, -0.25) is 0 Å². The average Bonchev–Trinajstić information content (AvgIpc) is 3.44. The third-order valence-corrected chi connectivity index (χ3v) is 14.7. The summed E-state index contributed by atoms with van der Waals surface area (Å²) in [6.45, 7) is 19.9. The largest absolute Gasteiger partial charge is 0.455 e. The summed E-state index contributed by atoms with van der Waals surface area (Å²) in [5, 5.41) is 4.51. The van der Waals surface area contributed by atoms with Crippen molar-refractivity contribution < 1.29 is 14.0 Å². The molecule has 3 aliphatic rings. The predicted molar refractivity (Wildman–Crippen MR) is 225 cm³/mol. The number of rotatable bonds is 2. The summed E-state index contributed by atoms with van der Waals surface area (Å²) in [6.07, 6.45) is 0. The number of benzene rings is 6. The lowest BCUT2D eigenvalue weighted by atomic mass is 9.85. The number of hydrogen-bond acceptors (Lipinski definition) is 4. The summed E-state index contributed by atoms with van der Waals surface area (Å²) in [6, 6.07) is 38.6. The zero-order chi connectivity index (χ0) is 37.7.